The number of likely N-dealkylation sites (tertiary alicyclic amines) is 1. The highest BCUT2D eigenvalue weighted by molar-refractivity contribution is 5.97. The molecule has 0 bridgehead atoms. The summed E-state index contributed by atoms with van der Waals surface area (Å²) in [6, 6.07) is 9.19. The number of oxazole rings is 1. The summed E-state index contributed by atoms with van der Waals surface area (Å²) in [6.07, 6.45) is 5.57. The maximum Gasteiger partial charge on any atom is 0.276 e. The number of rotatable bonds is 4. The molecule has 0 aliphatic carbocycles. The third kappa shape index (κ3) is 3.55. The third-order valence-corrected chi connectivity index (χ3v) is 4.60. The number of aryl methyl sites for hydroxylation is 1. The molecule has 5 nitrogen and oxygen atoms in total. The molecule has 5 heteroatoms. The molecule has 0 spiro atoms. The van der Waals surface area contributed by atoms with E-state index in [-0.39, 0.29) is 17.7 Å². The Morgan fingerprint density at radius 1 is 1.21 bits per heavy atom. The monoisotopic (exact) mass is 326 g/mol. The lowest BCUT2D eigenvalue weighted by Crippen LogP contribution is -2.41. The van der Waals surface area contributed by atoms with Crippen LogP contribution in [0.2, 0.25) is 0 Å². The van der Waals surface area contributed by atoms with Crippen molar-refractivity contribution in [1.29, 1.82) is 0 Å². The van der Waals surface area contributed by atoms with Crippen molar-refractivity contribution in [3.05, 3.63) is 53.7 Å². The average Bonchev–Trinajstić information content (AvgIpc) is 2.89. The van der Waals surface area contributed by atoms with Gasteiger partial charge in [0.25, 0.3) is 5.91 Å². The minimum atomic E-state index is -0.131. The fraction of sp³-hybridized carbons (Fsp3) is 0.421. The van der Waals surface area contributed by atoms with Gasteiger partial charge in [-0.1, -0.05) is 43.2 Å². The van der Waals surface area contributed by atoms with Gasteiger partial charge >= 0.3 is 0 Å². The largest absolute Gasteiger partial charge is 0.448 e. The maximum atomic E-state index is 12.9. The SMILES string of the molecule is Cc1ocnc1C(=O)N1CCCCC[C@H]1CC(=O)c1ccccc1. The van der Waals surface area contributed by atoms with E-state index in [1.165, 1.54) is 6.39 Å². The Bertz CT molecular complexity index is 708. The Kier molecular flexibility index (Phi) is 5.08. The van der Waals surface area contributed by atoms with Crippen LogP contribution < -0.4 is 0 Å². The van der Waals surface area contributed by atoms with Crippen LogP contribution in [-0.2, 0) is 0 Å². The van der Waals surface area contributed by atoms with Gasteiger partial charge in [-0.3, -0.25) is 9.59 Å². The standard InChI is InChI=1S/C19H22N2O3/c1-14-18(20-13-24-14)19(23)21-11-7-3-6-10-16(21)12-17(22)15-8-4-2-5-9-15/h2,4-5,8-9,13,16H,3,6-7,10-12H2,1H3/t16-/m0/s1. The Morgan fingerprint density at radius 2 is 2.00 bits per heavy atom. The molecule has 1 fully saturated rings. The van der Waals surface area contributed by atoms with Gasteiger partial charge < -0.3 is 9.32 Å². The zero-order chi connectivity index (χ0) is 16.9. The summed E-state index contributed by atoms with van der Waals surface area (Å²) in [6.45, 7) is 2.40. The molecular formula is C19H22N2O3. The van der Waals surface area contributed by atoms with Gasteiger partial charge in [-0.05, 0) is 19.8 Å². The normalized spacial score (nSPS) is 18.2. The first kappa shape index (κ1) is 16.4. The predicted molar refractivity (Wildman–Crippen MR) is 89.9 cm³/mol. The number of hydrogen-bond donors (Lipinski definition) is 0. The summed E-state index contributed by atoms with van der Waals surface area (Å²) >= 11 is 0. The van der Waals surface area contributed by atoms with Gasteiger partial charge in [-0.25, -0.2) is 4.98 Å². The highest BCUT2D eigenvalue weighted by Crippen LogP contribution is 2.23. The highest BCUT2D eigenvalue weighted by Gasteiger charge is 2.30. The Labute approximate surface area is 141 Å². The molecule has 0 saturated carbocycles. The minimum Gasteiger partial charge on any atom is -0.448 e. The van der Waals surface area contributed by atoms with Crippen molar-refractivity contribution in [3.63, 3.8) is 0 Å². The molecule has 1 aliphatic rings. The number of ketones is 1. The second-order valence-electron chi connectivity index (χ2n) is 6.25. The molecule has 1 amide bonds. The molecule has 0 radical (unpaired) electrons. The van der Waals surface area contributed by atoms with Crippen LogP contribution in [0.25, 0.3) is 0 Å². The number of hydrogen-bond acceptors (Lipinski definition) is 4. The lowest BCUT2D eigenvalue weighted by molar-refractivity contribution is 0.0653. The Balaban J connectivity index is 1.79. The lowest BCUT2D eigenvalue weighted by atomic mass is 9.99. The quantitative estimate of drug-likeness (QED) is 0.805. The van der Waals surface area contributed by atoms with Crippen molar-refractivity contribution in [2.45, 2.75) is 45.1 Å². The zero-order valence-corrected chi connectivity index (χ0v) is 13.9. The number of nitrogens with zero attached hydrogens (tertiary/aromatic N) is 2. The first-order valence-electron chi connectivity index (χ1n) is 8.46. The van der Waals surface area contributed by atoms with E-state index in [0.717, 1.165) is 25.7 Å². The van der Waals surface area contributed by atoms with Crippen molar-refractivity contribution >= 4 is 11.7 Å². The van der Waals surface area contributed by atoms with E-state index in [9.17, 15) is 9.59 Å². The molecule has 1 aromatic heterocycles. The van der Waals surface area contributed by atoms with E-state index in [1.807, 2.05) is 35.2 Å². The molecule has 3 rings (SSSR count). The minimum absolute atomic E-state index is 0.0798. The van der Waals surface area contributed by atoms with Crippen LogP contribution in [-0.4, -0.2) is 34.2 Å². The molecule has 1 aromatic carbocycles. The number of carbonyl (C=O) groups is 2. The van der Waals surface area contributed by atoms with Gasteiger partial charge in [0.1, 0.15) is 5.76 Å². The highest BCUT2D eigenvalue weighted by atomic mass is 16.3. The number of carbonyl (C=O) groups excluding carboxylic acids is 2. The summed E-state index contributed by atoms with van der Waals surface area (Å²) in [5.41, 5.74) is 1.06. The third-order valence-electron chi connectivity index (χ3n) is 4.60. The van der Waals surface area contributed by atoms with Gasteiger partial charge in [0, 0.05) is 24.6 Å². The number of amides is 1. The van der Waals surface area contributed by atoms with Crippen molar-refractivity contribution in [2.75, 3.05) is 6.54 Å². The van der Waals surface area contributed by atoms with E-state index in [0.29, 0.717) is 30.0 Å². The van der Waals surface area contributed by atoms with E-state index < -0.39 is 0 Å². The molecule has 0 unspecified atom stereocenters. The molecule has 1 aliphatic heterocycles. The van der Waals surface area contributed by atoms with Gasteiger partial charge in [0.05, 0.1) is 0 Å². The summed E-state index contributed by atoms with van der Waals surface area (Å²) in [7, 11) is 0. The maximum absolute atomic E-state index is 12.9. The topological polar surface area (TPSA) is 63.4 Å². The van der Waals surface area contributed by atoms with Crippen LogP contribution >= 0.6 is 0 Å². The van der Waals surface area contributed by atoms with Crippen molar-refractivity contribution in [1.82, 2.24) is 9.88 Å². The summed E-state index contributed by atoms with van der Waals surface area (Å²) < 4.78 is 5.17. The molecule has 2 aromatic rings. The molecular weight excluding hydrogens is 304 g/mol. The number of benzene rings is 1. The van der Waals surface area contributed by atoms with Crippen LogP contribution in [0.4, 0.5) is 0 Å². The van der Waals surface area contributed by atoms with E-state index in [4.69, 9.17) is 4.42 Å². The Hall–Kier alpha value is -2.43. The van der Waals surface area contributed by atoms with Gasteiger partial charge in [0.15, 0.2) is 17.9 Å². The molecule has 126 valence electrons. The number of aromatic nitrogens is 1. The van der Waals surface area contributed by atoms with Crippen LogP contribution in [0.15, 0.2) is 41.1 Å². The van der Waals surface area contributed by atoms with Crippen molar-refractivity contribution in [2.24, 2.45) is 0 Å². The molecule has 2 heterocycles. The molecule has 1 saturated heterocycles. The summed E-state index contributed by atoms with van der Waals surface area (Å²) in [5, 5.41) is 0. The number of Topliss-reactive ketones (excluding diaryl/α,β-unsaturated/α-hetero) is 1. The summed E-state index contributed by atoms with van der Waals surface area (Å²) in [4.78, 5) is 31.3. The fourth-order valence-corrected chi connectivity index (χ4v) is 3.26. The predicted octanol–water partition coefficient (Wildman–Crippen LogP) is 3.64. The average molecular weight is 326 g/mol. The Morgan fingerprint density at radius 3 is 2.71 bits per heavy atom. The van der Waals surface area contributed by atoms with Crippen LogP contribution in [0.5, 0.6) is 0 Å². The molecule has 1 atom stereocenters. The van der Waals surface area contributed by atoms with Gasteiger partial charge in [-0.15, -0.1) is 0 Å². The second-order valence-corrected chi connectivity index (χ2v) is 6.25. The van der Waals surface area contributed by atoms with Gasteiger partial charge in [-0.2, -0.15) is 0 Å². The van der Waals surface area contributed by atoms with Crippen molar-refractivity contribution in [3.8, 4) is 0 Å². The van der Waals surface area contributed by atoms with E-state index >= 15 is 0 Å². The molecule has 0 N–H and O–H groups in total. The molecule has 24 heavy (non-hydrogen) atoms. The van der Waals surface area contributed by atoms with Gasteiger partial charge in [0.2, 0.25) is 0 Å². The van der Waals surface area contributed by atoms with Crippen LogP contribution in [0, 0.1) is 6.92 Å². The second kappa shape index (κ2) is 7.43. The lowest BCUT2D eigenvalue weighted by Gasteiger charge is -2.29. The smallest absolute Gasteiger partial charge is 0.276 e. The fourth-order valence-electron chi connectivity index (χ4n) is 3.26. The first-order valence-corrected chi connectivity index (χ1v) is 8.46. The van der Waals surface area contributed by atoms with E-state index in [2.05, 4.69) is 4.98 Å². The van der Waals surface area contributed by atoms with Crippen LogP contribution in [0.3, 0.4) is 0 Å². The van der Waals surface area contributed by atoms with E-state index in [1.54, 1.807) is 6.92 Å². The summed E-state index contributed by atoms with van der Waals surface area (Å²) in [5.74, 6) is 0.476. The first-order chi connectivity index (χ1) is 11.7. The van der Waals surface area contributed by atoms with Crippen LogP contribution in [0.1, 0.15) is 58.7 Å². The zero-order valence-electron chi connectivity index (χ0n) is 13.9. The van der Waals surface area contributed by atoms with Crippen molar-refractivity contribution < 1.29 is 14.0 Å².